The van der Waals surface area contributed by atoms with Crippen molar-refractivity contribution in [3.63, 3.8) is 0 Å². The number of hydrogen-bond donors (Lipinski definition) is 1. The summed E-state index contributed by atoms with van der Waals surface area (Å²) in [6.07, 6.45) is -7.74. The number of carboxylic acid groups (broad SMARTS) is 1. The Morgan fingerprint density at radius 1 is 0.889 bits per heavy atom. The van der Waals surface area contributed by atoms with E-state index < -0.39 is 35.5 Å². The van der Waals surface area contributed by atoms with E-state index in [-0.39, 0.29) is 5.92 Å². The van der Waals surface area contributed by atoms with Crippen molar-refractivity contribution in [2.45, 2.75) is 38.5 Å². The topological polar surface area (TPSA) is 53.4 Å². The van der Waals surface area contributed by atoms with E-state index in [0.717, 1.165) is 24.4 Å². The molecule has 1 unspecified atom stereocenters. The maximum atomic E-state index is 13.0. The van der Waals surface area contributed by atoms with Gasteiger partial charge >= 0.3 is 18.3 Å². The number of alkyl halides is 6. The first-order chi connectivity index (χ1) is 16.7. The molecule has 192 valence electrons. The maximum absolute atomic E-state index is 13.0. The molecule has 0 fully saturated rings. The van der Waals surface area contributed by atoms with Crippen LogP contribution in [0.15, 0.2) is 60.8 Å². The zero-order chi connectivity index (χ0) is 26.8. The smallest absolute Gasteiger partial charge is 0.433 e. The predicted octanol–water partition coefficient (Wildman–Crippen LogP) is 7.77. The maximum Gasteiger partial charge on any atom is 0.433 e. The van der Waals surface area contributed by atoms with Gasteiger partial charge in [0.1, 0.15) is 5.69 Å². The number of pyridine rings is 1. The molecule has 36 heavy (non-hydrogen) atoms. The summed E-state index contributed by atoms with van der Waals surface area (Å²) in [5.74, 6) is -1.91. The summed E-state index contributed by atoms with van der Waals surface area (Å²) < 4.78 is 77.8. The van der Waals surface area contributed by atoms with Crippen LogP contribution in [0.4, 0.5) is 37.7 Å². The minimum atomic E-state index is -4.60. The number of anilines is 2. The number of aromatic nitrogens is 1. The van der Waals surface area contributed by atoms with Gasteiger partial charge in [-0.3, -0.25) is 4.79 Å². The molecular weight excluding hydrogens is 486 g/mol. The number of rotatable bonds is 7. The lowest BCUT2D eigenvalue weighted by Crippen LogP contribution is -2.16. The molecule has 1 aromatic heterocycles. The molecule has 0 aliphatic rings. The van der Waals surface area contributed by atoms with Crippen LogP contribution < -0.4 is 4.90 Å². The van der Waals surface area contributed by atoms with Crippen LogP contribution in [0.5, 0.6) is 0 Å². The van der Waals surface area contributed by atoms with Crippen LogP contribution in [0.3, 0.4) is 0 Å². The molecule has 0 bridgehead atoms. The van der Waals surface area contributed by atoms with E-state index in [0.29, 0.717) is 34.5 Å². The zero-order valence-corrected chi connectivity index (χ0v) is 19.7. The normalized spacial score (nSPS) is 13.1. The lowest BCUT2D eigenvalue weighted by Gasteiger charge is -2.24. The van der Waals surface area contributed by atoms with E-state index in [2.05, 4.69) is 4.98 Å². The summed E-state index contributed by atoms with van der Waals surface area (Å²) >= 11 is 0. The van der Waals surface area contributed by atoms with Crippen molar-refractivity contribution in [1.29, 1.82) is 0 Å². The van der Waals surface area contributed by atoms with Crippen LogP contribution in [0.25, 0.3) is 11.1 Å². The fraction of sp³-hybridized carbons (Fsp3) is 0.308. The van der Waals surface area contributed by atoms with Gasteiger partial charge in [-0.2, -0.15) is 26.3 Å². The highest BCUT2D eigenvalue weighted by Gasteiger charge is 2.32. The Labute approximate surface area is 204 Å². The summed E-state index contributed by atoms with van der Waals surface area (Å²) in [6, 6.07) is 11.4. The Hall–Kier alpha value is -3.56. The van der Waals surface area contributed by atoms with Gasteiger partial charge in [0.05, 0.1) is 23.4 Å². The molecule has 3 aromatic rings. The third kappa shape index (κ3) is 6.35. The third-order valence-electron chi connectivity index (χ3n) is 5.71. The predicted molar refractivity (Wildman–Crippen MR) is 124 cm³/mol. The van der Waals surface area contributed by atoms with Crippen LogP contribution in [-0.4, -0.2) is 23.1 Å². The Morgan fingerprint density at radius 2 is 1.53 bits per heavy atom. The van der Waals surface area contributed by atoms with Gasteiger partial charge in [-0.15, -0.1) is 0 Å². The largest absolute Gasteiger partial charge is 0.481 e. The molecule has 0 amide bonds. The quantitative estimate of drug-likeness (QED) is 0.330. The lowest BCUT2D eigenvalue weighted by atomic mass is 9.88. The molecule has 1 atom stereocenters. The molecule has 0 saturated carbocycles. The second-order valence-corrected chi connectivity index (χ2v) is 8.87. The first-order valence-electron chi connectivity index (χ1n) is 11.0. The minimum Gasteiger partial charge on any atom is -0.481 e. The lowest BCUT2D eigenvalue weighted by molar-refractivity contribution is -0.141. The van der Waals surface area contributed by atoms with Gasteiger partial charge in [-0.25, -0.2) is 4.98 Å². The Balaban J connectivity index is 2.11. The Kier molecular flexibility index (Phi) is 7.66. The molecule has 0 radical (unpaired) electrons. The van der Waals surface area contributed by atoms with E-state index in [9.17, 15) is 36.2 Å². The molecule has 3 rings (SSSR count). The molecule has 0 spiro atoms. The van der Waals surface area contributed by atoms with Crippen molar-refractivity contribution in [3.8, 4) is 11.1 Å². The SMILES string of the molecule is CC(C)CC(C(=O)O)c1cc(-c2ccc(C(F)(F)F)cc2)cc(N(C)c2ccc(C(F)(F)F)nc2)c1. The standard InChI is InChI=1S/C26H24F6N2O2/c1-15(2)10-22(24(35)36)18-11-17(16-4-6-19(7-5-16)25(27,28)29)12-21(13-18)34(3)20-8-9-23(33-14-20)26(30,31)32/h4-9,11-15,22H,10H2,1-3H3,(H,35,36). The number of benzene rings is 2. The van der Waals surface area contributed by atoms with Crippen molar-refractivity contribution < 1.29 is 36.2 Å². The van der Waals surface area contributed by atoms with Crippen molar-refractivity contribution in [2.24, 2.45) is 5.92 Å². The van der Waals surface area contributed by atoms with E-state index in [4.69, 9.17) is 0 Å². The van der Waals surface area contributed by atoms with E-state index in [1.807, 2.05) is 13.8 Å². The van der Waals surface area contributed by atoms with Crippen LogP contribution >= 0.6 is 0 Å². The number of hydrogen-bond acceptors (Lipinski definition) is 3. The fourth-order valence-corrected chi connectivity index (χ4v) is 3.80. The van der Waals surface area contributed by atoms with E-state index in [1.165, 1.54) is 18.2 Å². The van der Waals surface area contributed by atoms with Crippen molar-refractivity contribution in [3.05, 3.63) is 77.6 Å². The molecular formula is C26H24F6N2O2. The van der Waals surface area contributed by atoms with Crippen molar-refractivity contribution in [2.75, 3.05) is 11.9 Å². The molecule has 10 heteroatoms. The highest BCUT2D eigenvalue weighted by molar-refractivity contribution is 5.80. The molecule has 0 aliphatic heterocycles. The van der Waals surface area contributed by atoms with Gasteiger partial charge in [0.2, 0.25) is 0 Å². The number of halogens is 6. The first-order valence-corrected chi connectivity index (χ1v) is 11.0. The zero-order valence-electron chi connectivity index (χ0n) is 19.7. The van der Waals surface area contributed by atoms with Gasteiger partial charge in [-0.1, -0.05) is 32.0 Å². The summed E-state index contributed by atoms with van der Waals surface area (Å²) in [4.78, 5) is 17.1. The van der Waals surface area contributed by atoms with Gasteiger partial charge in [-0.05, 0) is 65.4 Å². The van der Waals surface area contributed by atoms with Crippen LogP contribution in [-0.2, 0) is 17.1 Å². The van der Waals surface area contributed by atoms with Crippen LogP contribution in [0.2, 0.25) is 0 Å². The van der Waals surface area contributed by atoms with Crippen molar-refractivity contribution in [1.82, 2.24) is 4.98 Å². The number of nitrogens with zero attached hydrogens (tertiary/aromatic N) is 2. The second-order valence-electron chi connectivity index (χ2n) is 8.87. The Morgan fingerprint density at radius 3 is 2.00 bits per heavy atom. The summed E-state index contributed by atoms with van der Waals surface area (Å²) in [7, 11) is 1.58. The van der Waals surface area contributed by atoms with Crippen LogP contribution in [0.1, 0.15) is 43.0 Å². The fourth-order valence-electron chi connectivity index (χ4n) is 3.80. The molecule has 0 aliphatic carbocycles. The van der Waals surface area contributed by atoms with Gasteiger partial charge in [0.15, 0.2) is 0 Å². The molecule has 0 saturated heterocycles. The first kappa shape index (κ1) is 27.0. The van der Waals surface area contributed by atoms with E-state index in [1.54, 1.807) is 30.1 Å². The van der Waals surface area contributed by atoms with Gasteiger partial charge in [0.25, 0.3) is 0 Å². The molecule has 2 aromatic carbocycles. The number of carboxylic acids is 1. The average molecular weight is 510 g/mol. The molecule has 4 nitrogen and oxygen atoms in total. The number of carbonyl (C=O) groups is 1. The summed E-state index contributed by atoms with van der Waals surface area (Å²) in [5.41, 5.74) is 0.209. The molecule has 1 N–H and O–H groups in total. The number of aliphatic carboxylic acids is 1. The Bertz CT molecular complexity index is 1200. The highest BCUT2D eigenvalue weighted by Crippen LogP contribution is 2.37. The van der Waals surface area contributed by atoms with Gasteiger partial charge < -0.3 is 10.0 Å². The highest BCUT2D eigenvalue weighted by atomic mass is 19.4. The van der Waals surface area contributed by atoms with Gasteiger partial charge in [0, 0.05) is 12.7 Å². The van der Waals surface area contributed by atoms with Crippen LogP contribution in [0, 0.1) is 5.92 Å². The van der Waals surface area contributed by atoms with Crippen molar-refractivity contribution >= 4 is 17.3 Å². The monoisotopic (exact) mass is 510 g/mol. The minimum absolute atomic E-state index is 0.0427. The summed E-state index contributed by atoms with van der Waals surface area (Å²) in [6.45, 7) is 3.74. The van der Waals surface area contributed by atoms with E-state index >= 15 is 0 Å². The third-order valence-corrected chi connectivity index (χ3v) is 5.71. The average Bonchev–Trinajstić information content (AvgIpc) is 2.80. The summed E-state index contributed by atoms with van der Waals surface area (Å²) in [5, 5.41) is 9.86. The second kappa shape index (κ2) is 10.2. The molecule has 1 heterocycles.